The SMILES string of the molecule is CCc1c(-c2ccc(OCc3ccc(C(C)C)c(CCO)c3)cc2)c(-c2ccncc2)nn1CCN.O=C=O. The number of hydrogen-bond donors (Lipinski definition) is 2. The van der Waals surface area contributed by atoms with E-state index in [0.29, 0.717) is 32.0 Å². The molecule has 2 aromatic heterocycles. The number of aliphatic hydroxyl groups excluding tert-OH is 1. The molecular formula is C31H36N4O4. The van der Waals surface area contributed by atoms with E-state index >= 15 is 0 Å². The van der Waals surface area contributed by atoms with Crippen LogP contribution in [0, 0.1) is 0 Å². The predicted octanol–water partition coefficient (Wildman–Crippen LogP) is 4.79. The maximum atomic E-state index is 9.46. The summed E-state index contributed by atoms with van der Waals surface area (Å²) in [5.74, 6) is 1.24. The van der Waals surface area contributed by atoms with Gasteiger partial charge < -0.3 is 15.6 Å². The summed E-state index contributed by atoms with van der Waals surface area (Å²) >= 11 is 0. The van der Waals surface area contributed by atoms with Gasteiger partial charge >= 0.3 is 6.15 Å². The zero-order valence-electron chi connectivity index (χ0n) is 22.8. The van der Waals surface area contributed by atoms with Crippen molar-refractivity contribution >= 4 is 6.15 Å². The third-order valence-corrected chi connectivity index (χ3v) is 6.45. The van der Waals surface area contributed by atoms with Gasteiger partial charge in [0.25, 0.3) is 0 Å². The Labute approximate surface area is 229 Å². The first-order chi connectivity index (χ1) is 19.0. The van der Waals surface area contributed by atoms with Crippen LogP contribution in [0.2, 0.25) is 0 Å². The molecule has 0 aliphatic heterocycles. The number of aliphatic hydroxyl groups is 1. The molecule has 0 saturated carbocycles. The number of nitrogens with two attached hydrogens (primary N) is 1. The number of aromatic nitrogens is 3. The maximum Gasteiger partial charge on any atom is 0.373 e. The van der Waals surface area contributed by atoms with Crippen molar-refractivity contribution in [2.24, 2.45) is 5.73 Å². The smallest absolute Gasteiger partial charge is 0.373 e. The summed E-state index contributed by atoms with van der Waals surface area (Å²) in [7, 11) is 0. The van der Waals surface area contributed by atoms with Crippen molar-refractivity contribution < 1.29 is 19.4 Å². The number of benzene rings is 2. The lowest BCUT2D eigenvalue weighted by atomic mass is 9.94. The van der Waals surface area contributed by atoms with E-state index in [1.54, 1.807) is 12.4 Å². The fourth-order valence-electron chi connectivity index (χ4n) is 4.71. The van der Waals surface area contributed by atoms with Crippen LogP contribution in [-0.2, 0) is 35.6 Å². The quantitative estimate of drug-likeness (QED) is 0.287. The molecule has 0 radical (unpaired) electrons. The van der Waals surface area contributed by atoms with Gasteiger partial charge in [-0.1, -0.05) is 51.1 Å². The Morgan fingerprint density at radius 2 is 1.72 bits per heavy atom. The molecule has 4 aromatic rings. The van der Waals surface area contributed by atoms with Crippen molar-refractivity contribution in [2.45, 2.75) is 52.7 Å². The molecule has 0 unspecified atom stereocenters. The molecule has 0 bridgehead atoms. The van der Waals surface area contributed by atoms with Gasteiger partial charge in [0.1, 0.15) is 18.1 Å². The summed E-state index contributed by atoms with van der Waals surface area (Å²) in [5, 5.41) is 14.4. The van der Waals surface area contributed by atoms with Crippen LogP contribution in [0.4, 0.5) is 0 Å². The minimum atomic E-state index is 0.147. The van der Waals surface area contributed by atoms with Crippen LogP contribution in [0.5, 0.6) is 5.75 Å². The molecule has 3 N–H and O–H groups in total. The summed E-state index contributed by atoms with van der Waals surface area (Å²) in [6.07, 6.45) is 5.36. The van der Waals surface area contributed by atoms with E-state index in [-0.39, 0.29) is 12.8 Å². The summed E-state index contributed by atoms with van der Waals surface area (Å²) in [5.41, 5.74) is 14.8. The van der Waals surface area contributed by atoms with Gasteiger partial charge in [-0.2, -0.15) is 14.7 Å². The van der Waals surface area contributed by atoms with Gasteiger partial charge in [-0.25, -0.2) is 0 Å². The Morgan fingerprint density at radius 1 is 1.03 bits per heavy atom. The molecule has 204 valence electrons. The number of pyridine rings is 1. The third-order valence-electron chi connectivity index (χ3n) is 6.45. The standard InChI is InChI=1S/C30H36N4O2.CO2/c1-4-28-29(30(33-34(28)17-14-31)24-11-15-32-16-12-24)23-6-8-26(9-7-23)36-20-22-5-10-27(21(2)3)25(19-22)13-18-35;2-1-3/h5-12,15-16,19,21,35H,4,13-14,17-18,20,31H2,1-3H3;. The first kappa shape index (κ1) is 29.5. The largest absolute Gasteiger partial charge is 0.489 e. The minimum absolute atomic E-state index is 0.147. The molecule has 0 aliphatic carbocycles. The summed E-state index contributed by atoms with van der Waals surface area (Å²) in [4.78, 5) is 20.4. The topological polar surface area (TPSA) is 120 Å². The van der Waals surface area contributed by atoms with Crippen LogP contribution >= 0.6 is 0 Å². The molecular weight excluding hydrogens is 492 g/mol. The molecule has 2 heterocycles. The van der Waals surface area contributed by atoms with Gasteiger partial charge in [-0.05, 0) is 65.3 Å². The molecule has 0 amide bonds. The Hall–Kier alpha value is -4.10. The van der Waals surface area contributed by atoms with E-state index < -0.39 is 0 Å². The highest BCUT2D eigenvalue weighted by Crippen LogP contribution is 2.35. The monoisotopic (exact) mass is 528 g/mol. The fraction of sp³-hybridized carbons (Fsp3) is 0.323. The van der Waals surface area contributed by atoms with Crippen LogP contribution in [-0.4, -0.2) is 39.2 Å². The Morgan fingerprint density at radius 3 is 2.31 bits per heavy atom. The number of carbonyl (C=O) groups excluding carboxylic acids is 2. The lowest BCUT2D eigenvalue weighted by Gasteiger charge is -2.15. The first-order valence-corrected chi connectivity index (χ1v) is 13.1. The zero-order valence-corrected chi connectivity index (χ0v) is 22.8. The second kappa shape index (κ2) is 14.7. The number of hydrogen-bond acceptors (Lipinski definition) is 7. The highest BCUT2D eigenvalue weighted by atomic mass is 16.5. The van der Waals surface area contributed by atoms with Gasteiger partial charge in [0.05, 0.1) is 6.54 Å². The molecule has 39 heavy (non-hydrogen) atoms. The van der Waals surface area contributed by atoms with Crippen LogP contribution in [0.15, 0.2) is 67.0 Å². The maximum absolute atomic E-state index is 9.46. The van der Waals surface area contributed by atoms with E-state index in [1.807, 2.05) is 28.9 Å². The van der Waals surface area contributed by atoms with Crippen molar-refractivity contribution in [3.05, 3.63) is 89.4 Å². The molecule has 0 aliphatic rings. The van der Waals surface area contributed by atoms with Crippen molar-refractivity contribution in [1.82, 2.24) is 14.8 Å². The predicted molar refractivity (Wildman–Crippen MR) is 150 cm³/mol. The van der Waals surface area contributed by atoms with E-state index in [9.17, 15) is 5.11 Å². The van der Waals surface area contributed by atoms with E-state index in [2.05, 4.69) is 56.1 Å². The van der Waals surface area contributed by atoms with Crippen molar-refractivity contribution in [1.29, 1.82) is 0 Å². The normalized spacial score (nSPS) is 10.6. The van der Waals surface area contributed by atoms with Crippen LogP contribution in [0.1, 0.15) is 49.1 Å². The van der Waals surface area contributed by atoms with E-state index in [4.69, 9.17) is 25.2 Å². The first-order valence-electron chi connectivity index (χ1n) is 13.1. The van der Waals surface area contributed by atoms with Crippen molar-refractivity contribution in [3.63, 3.8) is 0 Å². The lowest BCUT2D eigenvalue weighted by Crippen LogP contribution is -2.13. The average Bonchev–Trinajstić information content (AvgIpc) is 3.31. The van der Waals surface area contributed by atoms with Gasteiger partial charge in [-0.15, -0.1) is 0 Å². The number of nitrogens with zero attached hydrogens (tertiary/aromatic N) is 3. The lowest BCUT2D eigenvalue weighted by molar-refractivity contribution is -0.191. The van der Waals surface area contributed by atoms with E-state index in [0.717, 1.165) is 40.1 Å². The molecule has 0 saturated heterocycles. The Balaban J connectivity index is 0.00000134. The fourth-order valence-corrected chi connectivity index (χ4v) is 4.71. The molecule has 4 rings (SSSR count). The zero-order chi connectivity index (χ0) is 28.2. The molecule has 0 fully saturated rings. The van der Waals surface area contributed by atoms with Crippen LogP contribution < -0.4 is 10.5 Å². The average molecular weight is 529 g/mol. The summed E-state index contributed by atoms with van der Waals surface area (Å²) in [6, 6.07) is 18.6. The minimum Gasteiger partial charge on any atom is -0.489 e. The van der Waals surface area contributed by atoms with Crippen LogP contribution in [0.25, 0.3) is 22.4 Å². The highest BCUT2D eigenvalue weighted by molar-refractivity contribution is 5.83. The Bertz CT molecular complexity index is 1360. The highest BCUT2D eigenvalue weighted by Gasteiger charge is 2.19. The van der Waals surface area contributed by atoms with Crippen LogP contribution in [0.3, 0.4) is 0 Å². The second-order valence-electron chi connectivity index (χ2n) is 9.33. The number of ether oxygens (including phenoxy) is 1. The summed E-state index contributed by atoms with van der Waals surface area (Å²) in [6.45, 7) is 8.35. The van der Waals surface area contributed by atoms with Gasteiger partial charge in [-0.3, -0.25) is 9.67 Å². The molecule has 8 nitrogen and oxygen atoms in total. The molecule has 0 spiro atoms. The second-order valence-corrected chi connectivity index (χ2v) is 9.33. The van der Waals surface area contributed by atoms with Gasteiger partial charge in [0.15, 0.2) is 0 Å². The van der Waals surface area contributed by atoms with E-state index in [1.165, 1.54) is 16.8 Å². The van der Waals surface area contributed by atoms with Gasteiger partial charge in [0, 0.05) is 42.4 Å². The van der Waals surface area contributed by atoms with Crippen molar-refractivity contribution in [3.8, 4) is 28.1 Å². The molecule has 2 aromatic carbocycles. The molecule has 8 heteroatoms. The molecule has 0 atom stereocenters. The Kier molecular flexibility index (Phi) is 11.1. The van der Waals surface area contributed by atoms with Gasteiger partial charge in [0.2, 0.25) is 0 Å². The summed E-state index contributed by atoms with van der Waals surface area (Å²) < 4.78 is 8.15. The van der Waals surface area contributed by atoms with Crippen molar-refractivity contribution in [2.75, 3.05) is 13.2 Å². The third kappa shape index (κ3) is 7.48. The number of rotatable bonds is 11.